The molecule has 5 heteroatoms. The molecule has 2 aromatic rings. The highest BCUT2D eigenvalue weighted by molar-refractivity contribution is 5.68. The first-order valence-corrected chi connectivity index (χ1v) is 6.42. The number of rotatable bonds is 4. The van der Waals surface area contributed by atoms with E-state index in [9.17, 15) is 0 Å². The van der Waals surface area contributed by atoms with Crippen molar-refractivity contribution in [3.63, 3.8) is 0 Å². The molecule has 1 aromatic heterocycles. The van der Waals surface area contributed by atoms with E-state index in [-0.39, 0.29) is 0 Å². The van der Waals surface area contributed by atoms with Crippen LogP contribution >= 0.6 is 0 Å². The van der Waals surface area contributed by atoms with E-state index < -0.39 is 0 Å². The first-order chi connectivity index (χ1) is 9.28. The van der Waals surface area contributed by atoms with Gasteiger partial charge in [0.2, 0.25) is 6.79 Å². The quantitative estimate of drug-likeness (QED) is 0.880. The fraction of sp³-hybridized carbons (Fsp3) is 0.357. The predicted octanol–water partition coefficient (Wildman–Crippen LogP) is 2.01. The summed E-state index contributed by atoms with van der Waals surface area (Å²) in [5.41, 5.74) is 8.74. The summed E-state index contributed by atoms with van der Waals surface area (Å²) in [6, 6.07) is 4.00. The van der Waals surface area contributed by atoms with Crippen molar-refractivity contribution in [2.45, 2.75) is 19.8 Å². The Morgan fingerprint density at radius 1 is 1.32 bits per heavy atom. The third kappa shape index (κ3) is 2.29. The Balaban J connectivity index is 1.91. The lowest BCUT2D eigenvalue weighted by Gasteiger charge is -2.05. The van der Waals surface area contributed by atoms with Gasteiger partial charge in [-0.05, 0) is 37.6 Å². The van der Waals surface area contributed by atoms with Gasteiger partial charge in [0, 0.05) is 12.0 Å². The minimum absolute atomic E-state index is 0.295. The highest BCUT2D eigenvalue weighted by atomic mass is 16.7. The van der Waals surface area contributed by atoms with Crippen molar-refractivity contribution >= 4 is 0 Å². The number of H-pyrrole nitrogens is 1. The van der Waals surface area contributed by atoms with Crippen LogP contribution in [0.25, 0.3) is 11.3 Å². The summed E-state index contributed by atoms with van der Waals surface area (Å²) in [7, 11) is 0. The van der Waals surface area contributed by atoms with E-state index in [4.69, 9.17) is 15.2 Å². The molecule has 5 nitrogen and oxygen atoms in total. The lowest BCUT2D eigenvalue weighted by Crippen LogP contribution is -2.01. The molecule has 0 atom stereocenters. The summed E-state index contributed by atoms with van der Waals surface area (Å²) in [5, 5.41) is 0. The molecule has 1 aliphatic rings. The molecule has 0 amide bonds. The van der Waals surface area contributed by atoms with E-state index >= 15 is 0 Å². The Hall–Kier alpha value is -2.01. The normalized spacial score (nSPS) is 12.9. The van der Waals surface area contributed by atoms with Crippen molar-refractivity contribution in [3.05, 3.63) is 29.7 Å². The summed E-state index contributed by atoms with van der Waals surface area (Å²) >= 11 is 0. The zero-order valence-electron chi connectivity index (χ0n) is 10.9. The van der Waals surface area contributed by atoms with E-state index in [0.29, 0.717) is 13.3 Å². The van der Waals surface area contributed by atoms with Gasteiger partial charge < -0.3 is 20.2 Å². The molecule has 3 N–H and O–H groups in total. The van der Waals surface area contributed by atoms with Crippen molar-refractivity contribution in [2.75, 3.05) is 13.3 Å². The number of hydrogen-bond acceptors (Lipinski definition) is 4. The molecule has 0 saturated carbocycles. The second-order valence-electron chi connectivity index (χ2n) is 4.66. The molecule has 0 bridgehead atoms. The summed E-state index contributed by atoms with van der Waals surface area (Å²) in [5.74, 6) is 2.57. The lowest BCUT2D eigenvalue weighted by atomic mass is 10.1. The van der Waals surface area contributed by atoms with Gasteiger partial charge in [-0.3, -0.25) is 0 Å². The first-order valence-electron chi connectivity index (χ1n) is 6.42. The maximum Gasteiger partial charge on any atom is 0.231 e. The van der Waals surface area contributed by atoms with Gasteiger partial charge in [0.15, 0.2) is 11.5 Å². The van der Waals surface area contributed by atoms with E-state index in [0.717, 1.165) is 47.0 Å². The third-order valence-corrected chi connectivity index (χ3v) is 3.26. The summed E-state index contributed by atoms with van der Waals surface area (Å²) in [4.78, 5) is 7.71. The van der Waals surface area contributed by atoms with Gasteiger partial charge >= 0.3 is 0 Å². The average Bonchev–Trinajstić information content (AvgIpc) is 3.03. The van der Waals surface area contributed by atoms with Crippen LogP contribution in [0.15, 0.2) is 18.3 Å². The molecule has 3 rings (SSSR count). The minimum Gasteiger partial charge on any atom is -0.454 e. The first kappa shape index (κ1) is 12.0. The SMILES string of the molecule is Cc1cc2c(cc1-c1cnc(CCCN)[nH]1)OCO2. The number of nitrogens with two attached hydrogens (primary N) is 1. The monoisotopic (exact) mass is 259 g/mol. The molecule has 0 saturated heterocycles. The standard InChI is InChI=1S/C14H17N3O2/c1-9-5-12-13(19-8-18-12)6-10(9)11-7-16-14(17-11)3-2-4-15/h5-7H,2-4,8,15H2,1H3,(H,16,17). The molecule has 0 fully saturated rings. The average molecular weight is 259 g/mol. The molecule has 1 aliphatic heterocycles. The number of aromatic nitrogens is 2. The number of ether oxygens (including phenoxy) is 2. The van der Waals surface area contributed by atoms with Crippen LogP contribution < -0.4 is 15.2 Å². The van der Waals surface area contributed by atoms with Crippen molar-refractivity contribution < 1.29 is 9.47 Å². The zero-order valence-corrected chi connectivity index (χ0v) is 10.9. The topological polar surface area (TPSA) is 73.2 Å². The number of imidazole rings is 1. The molecular weight excluding hydrogens is 242 g/mol. The highest BCUT2D eigenvalue weighted by Gasteiger charge is 2.17. The smallest absolute Gasteiger partial charge is 0.231 e. The number of aromatic amines is 1. The van der Waals surface area contributed by atoms with Gasteiger partial charge in [-0.1, -0.05) is 0 Å². The lowest BCUT2D eigenvalue weighted by molar-refractivity contribution is 0.174. The van der Waals surface area contributed by atoms with Crippen LogP contribution in [0.2, 0.25) is 0 Å². The summed E-state index contributed by atoms with van der Waals surface area (Å²) in [6.07, 6.45) is 3.67. The van der Waals surface area contributed by atoms with Crippen molar-refractivity contribution in [1.82, 2.24) is 9.97 Å². The molecule has 19 heavy (non-hydrogen) atoms. The number of hydrogen-bond donors (Lipinski definition) is 2. The summed E-state index contributed by atoms with van der Waals surface area (Å²) in [6.45, 7) is 3.03. The number of benzene rings is 1. The Kier molecular flexibility index (Phi) is 3.13. The van der Waals surface area contributed by atoms with Crippen molar-refractivity contribution in [1.29, 1.82) is 0 Å². The fourth-order valence-electron chi connectivity index (χ4n) is 2.23. The Morgan fingerprint density at radius 3 is 2.89 bits per heavy atom. The predicted molar refractivity (Wildman–Crippen MR) is 72.3 cm³/mol. The molecular formula is C14H17N3O2. The van der Waals surface area contributed by atoms with Crippen molar-refractivity contribution in [2.24, 2.45) is 5.73 Å². The number of fused-ring (bicyclic) bond motifs is 1. The number of nitrogens with one attached hydrogen (secondary N) is 1. The van der Waals surface area contributed by atoms with Gasteiger partial charge in [0.1, 0.15) is 5.82 Å². The largest absolute Gasteiger partial charge is 0.454 e. The molecule has 1 aromatic carbocycles. The Labute approximate surface area is 111 Å². The maximum absolute atomic E-state index is 5.51. The van der Waals surface area contributed by atoms with E-state index in [1.165, 1.54) is 0 Å². The zero-order chi connectivity index (χ0) is 13.2. The molecule has 100 valence electrons. The van der Waals surface area contributed by atoms with Crippen LogP contribution in [0, 0.1) is 6.92 Å². The third-order valence-electron chi connectivity index (χ3n) is 3.26. The van der Waals surface area contributed by atoms with Gasteiger partial charge in [0.05, 0.1) is 11.9 Å². The van der Waals surface area contributed by atoms with E-state index in [2.05, 4.69) is 16.9 Å². The number of nitrogens with zero attached hydrogens (tertiary/aromatic N) is 1. The van der Waals surface area contributed by atoms with Crippen LogP contribution in [0.3, 0.4) is 0 Å². The van der Waals surface area contributed by atoms with Crippen LogP contribution in [0.1, 0.15) is 17.8 Å². The van der Waals surface area contributed by atoms with Gasteiger partial charge in [0.25, 0.3) is 0 Å². The van der Waals surface area contributed by atoms with Crippen molar-refractivity contribution in [3.8, 4) is 22.8 Å². The van der Waals surface area contributed by atoms with Crippen LogP contribution in [0.5, 0.6) is 11.5 Å². The second kappa shape index (κ2) is 4.93. The minimum atomic E-state index is 0.295. The van der Waals surface area contributed by atoms with Crippen LogP contribution in [0.4, 0.5) is 0 Å². The number of aryl methyl sites for hydroxylation is 2. The molecule has 0 radical (unpaired) electrons. The van der Waals surface area contributed by atoms with E-state index in [1.54, 1.807) is 0 Å². The van der Waals surface area contributed by atoms with Gasteiger partial charge in [-0.25, -0.2) is 4.98 Å². The van der Waals surface area contributed by atoms with E-state index in [1.807, 2.05) is 18.3 Å². The second-order valence-corrected chi connectivity index (χ2v) is 4.66. The van der Waals surface area contributed by atoms with Gasteiger partial charge in [-0.2, -0.15) is 0 Å². The molecule has 2 heterocycles. The summed E-state index contributed by atoms with van der Waals surface area (Å²) < 4.78 is 10.8. The molecule has 0 spiro atoms. The molecule has 0 aliphatic carbocycles. The Morgan fingerprint density at radius 2 is 2.11 bits per heavy atom. The van der Waals surface area contributed by atoms with Crippen LogP contribution in [-0.4, -0.2) is 23.3 Å². The molecule has 0 unspecified atom stereocenters. The highest BCUT2D eigenvalue weighted by Crippen LogP contribution is 2.37. The van der Waals surface area contributed by atoms with Crippen LogP contribution in [-0.2, 0) is 6.42 Å². The maximum atomic E-state index is 5.51. The van der Waals surface area contributed by atoms with Gasteiger partial charge in [-0.15, -0.1) is 0 Å². The Bertz CT molecular complexity index is 592. The fourth-order valence-corrected chi connectivity index (χ4v) is 2.23.